The lowest BCUT2D eigenvalue weighted by atomic mass is 9.72. The highest BCUT2D eigenvalue weighted by Crippen LogP contribution is 2.39. The van der Waals surface area contributed by atoms with Gasteiger partial charge in [0.25, 0.3) is 0 Å². The molecule has 0 aromatic heterocycles. The van der Waals surface area contributed by atoms with Crippen LogP contribution in [0.4, 0.5) is 0 Å². The Morgan fingerprint density at radius 3 is 2.29 bits per heavy atom. The Balaban J connectivity index is 2.35. The number of likely N-dealkylation sites (N-methyl/N-ethyl adjacent to an activating group) is 1. The molecule has 0 spiro atoms. The summed E-state index contributed by atoms with van der Waals surface area (Å²) in [5, 5.41) is 8.61. The first-order valence-corrected chi connectivity index (χ1v) is 6.26. The average molecular weight is 241 g/mol. The molecule has 0 unspecified atom stereocenters. The molecule has 0 bridgehead atoms. The van der Waals surface area contributed by atoms with E-state index >= 15 is 0 Å². The standard InChI is InChI=1S/C13H23NO3/c1-13(2)6-4-10(5-7-13)8-11(15)14(3)9-12(16)17/h10H,4-9H2,1-3H3,(H,16,17). The zero-order valence-corrected chi connectivity index (χ0v) is 11.0. The summed E-state index contributed by atoms with van der Waals surface area (Å²) in [5.74, 6) is -0.561. The highest BCUT2D eigenvalue weighted by molar-refractivity contribution is 5.81. The number of carbonyl (C=O) groups excluding carboxylic acids is 1. The smallest absolute Gasteiger partial charge is 0.323 e. The fraction of sp³-hybridized carbons (Fsp3) is 0.846. The predicted octanol–water partition coefficient (Wildman–Crippen LogP) is 2.14. The zero-order chi connectivity index (χ0) is 13.1. The Morgan fingerprint density at radius 2 is 1.82 bits per heavy atom. The van der Waals surface area contributed by atoms with Crippen molar-refractivity contribution < 1.29 is 14.7 Å². The van der Waals surface area contributed by atoms with E-state index in [2.05, 4.69) is 13.8 Å². The number of aliphatic carboxylic acids is 1. The van der Waals surface area contributed by atoms with Crippen LogP contribution in [0, 0.1) is 11.3 Å². The molecule has 0 saturated heterocycles. The second-order valence-corrected chi connectivity index (χ2v) is 5.96. The van der Waals surface area contributed by atoms with Crippen molar-refractivity contribution in [2.24, 2.45) is 11.3 Å². The van der Waals surface area contributed by atoms with Crippen molar-refractivity contribution in [3.05, 3.63) is 0 Å². The van der Waals surface area contributed by atoms with E-state index < -0.39 is 5.97 Å². The third kappa shape index (κ3) is 4.75. The summed E-state index contributed by atoms with van der Waals surface area (Å²) < 4.78 is 0. The number of carboxylic acids is 1. The summed E-state index contributed by atoms with van der Waals surface area (Å²) >= 11 is 0. The van der Waals surface area contributed by atoms with E-state index in [0.29, 0.717) is 17.8 Å². The molecular weight excluding hydrogens is 218 g/mol. The summed E-state index contributed by atoms with van der Waals surface area (Å²) in [4.78, 5) is 23.6. The summed E-state index contributed by atoms with van der Waals surface area (Å²) in [7, 11) is 1.56. The van der Waals surface area contributed by atoms with E-state index in [-0.39, 0.29) is 12.5 Å². The highest BCUT2D eigenvalue weighted by Gasteiger charge is 2.28. The first kappa shape index (κ1) is 14.0. The molecule has 1 N–H and O–H groups in total. The van der Waals surface area contributed by atoms with Crippen LogP contribution in [0.2, 0.25) is 0 Å². The second-order valence-electron chi connectivity index (χ2n) is 5.96. The van der Waals surface area contributed by atoms with Crippen LogP contribution in [0.3, 0.4) is 0 Å². The lowest BCUT2D eigenvalue weighted by molar-refractivity contribution is -0.144. The van der Waals surface area contributed by atoms with Crippen molar-refractivity contribution in [2.75, 3.05) is 13.6 Å². The molecule has 1 aliphatic carbocycles. The Labute approximate surface area is 103 Å². The van der Waals surface area contributed by atoms with Crippen LogP contribution in [0.5, 0.6) is 0 Å². The Kier molecular flexibility index (Phi) is 4.54. The van der Waals surface area contributed by atoms with Gasteiger partial charge in [-0.3, -0.25) is 9.59 Å². The minimum atomic E-state index is -0.953. The van der Waals surface area contributed by atoms with Gasteiger partial charge in [0.2, 0.25) is 5.91 Å². The second kappa shape index (κ2) is 5.52. The summed E-state index contributed by atoms with van der Waals surface area (Å²) in [6, 6.07) is 0. The van der Waals surface area contributed by atoms with Gasteiger partial charge < -0.3 is 10.0 Å². The molecule has 98 valence electrons. The highest BCUT2D eigenvalue weighted by atomic mass is 16.4. The van der Waals surface area contributed by atoms with Gasteiger partial charge in [-0.1, -0.05) is 13.8 Å². The van der Waals surface area contributed by atoms with Gasteiger partial charge in [0.15, 0.2) is 0 Å². The molecule has 1 saturated carbocycles. The largest absolute Gasteiger partial charge is 0.480 e. The van der Waals surface area contributed by atoms with E-state index in [1.807, 2.05) is 0 Å². The molecule has 4 heteroatoms. The lowest BCUT2D eigenvalue weighted by Crippen LogP contribution is -2.34. The van der Waals surface area contributed by atoms with Crippen molar-refractivity contribution in [3.63, 3.8) is 0 Å². The number of carboxylic acid groups (broad SMARTS) is 1. The van der Waals surface area contributed by atoms with Crippen molar-refractivity contribution in [3.8, 4) is 0 Å². The van der Waals surface area contributed by atoms with Gasteiger partial charge in [0, 0.05) is 13.5 Å². The number of hydrogen-bond acceptors (Lipinski definition) is 2. The van der Waals surface area contributed by atoms with Gasteiger partial charge in [-0.05, 0) is 37.0 Å². The molecule has 0 atom stereocenters. The van der Waals surface area contributed by atoms with Gasteiger partial charge in [-0.25, -0.2) is 0 Å². The monoisotopic (exact) mass is 241 g/mol. The third-order valence-corrected chi connectivity index (χ3v) is 3.72. The van der Waals surface area contributed by atoms with Gasteiger partial charge in [-0.15, -0.1) is 0 Å². The fourth-order valence-electron chi connectivity index (χ4n) is 2.36. The molecule has 1 fully saturated rings. The minimum Gasteiger partial charge on any atom is -0.480 e. The zero-order valence-electron chi connectivity index (χ0n) is 11.0. The van der Waals surface area contributed by atoms with Gasteiger partial charge >= 0.3 is 5.97 Å². The first-order chi connectivity index (χ1) is 7.80. The lowest BCUT2D eigenvalue weighted by Gasteiger charge is -2.34. The summed E-state index contributed by atoms with van der Waals surface area (Å²) in [6.07, 6.45) is 4.99. The summed E-state index contributed by atoms with van der Waals surface area (Å²) in [6.45, 7) is 4.33. The van der Waals surface area contributed by atoms with Crippen molar-refractivity contribution in [1.82, 2.24) is 4.90 Å². The first-order valence-electron chi connectivity index (χ1n) is 6.26. The maximum Gasteiger partial charge on any atom is 0.323 e. The maximum atomic E-state index is 11.8. The normalized spacial score (nSPS) is 19.9. The Bertz CT molecular complexity index is 289. The number of rotatable bonds is 4. The molecule has 4 nitrogen and oxygen atoms in total. The van der Waals surface area contributed by atoms with Crippen molar-refractivity contribution in [1.29, 1.82) is 0 Å². The van der Waals surface area contributed by atoms with Gasteiger partial charge in [0.05, 0.1) is 0 Å². The van der Waals surface area contributed by atoms with E-state index in [9.17, 15) is 9.59 Å². The molecule has 1 rings (SSSR count). The molecule has 0 heterocycles. The molecule has 0 aromatic carbocycles. The Hall–Kier alpha value is -1.06. The topological polar surface area (TPSA) is 57.6 Å². The van der Waals surface area contributed by atoms with Crippen LogP contribution < -0.4 is 0 Å². The van der Waals surface area contributed by atoms with E-state index in [4.69, 9.17) is 5.11 Å². The van der Waals surface area contributed by atoms with Crippen LogP contribution in [0.25, 0.3) is 0 Å². The van der Waals surface area contributed by atoms with Crippen LogP contribution in [-0.2, 0) is 9.59 Å². The molecule has 0 radical (unpaired) electrons. The molecule has 0 aromatic rings. The SMILES string of the molecule is CN(CC(=O)O)C(=O)CC1CCC(C)(C)CC1. The number of nitrogens with zero attached hydrogens (tertiary/aromatic N) is 1. The molecule has 1 aliphatic rings. The van der Waals surface area contributed by atoms with Gasteiger partial charge in [0.1, 0.15) is 6.54 Å². The predicted molar refractivity (Wildman–Crippen MR) is 65.6 cm³/mol. The third-order valence-electron chi connectivity index (χ3n) is 3.72. The maximum absolute atomic E-state index is 11.8. The summed E-state index contributed by atoms with van der Waals surface area (Å²) in [5.41, 5.74) is 0.409. The molecule has 1 amide bonds. The van der Waals surface area contributed by atoms with Gasteiger partial charge in [-0.2, -0.15) is 0 Å². The number of hydrogen-bond donors (Lipinski definition) is 1. The minimum absolute atomic E-state index is 0.0443. The number of amides is 1. The molecule has 0 aliphatic heterocycles. The van der Waals surface area contributed by atoms with E-state index in [1.165, 1.54) is 4.90 Å². The van der Waals surface area contributed by atoms with Crippen molar-refractivity contribution >= 4 is 11.9 Å². The van der Waals surface area contributed by atoms with E-state index in [1.54, 1.807) is 7.05 Å². The number of carbonyl (C=O) groups is 2. The van der Waals surface area contributed by atoms with Crippen LogP contribution in [-0.4, -0.2) is 35.5 Å². The van der Waals surface area contributed by atoms with Crippen LogP contribution in [0.15, 0.2) is 0 Å². The quantitative estimate of drug-likeness (QED) is 0.820. The average Bonchev–Trinajstić information content (AvgIpc) is 2.20. The molecular formula is C13H23NO3. The van der Waals surface area contributed by atoms with E-state index in [0.717, 1.165) is 25.7 Å². The van der Waals surface area contributed by atoms with Crippen LogP contribution in [0.1, 0.15) is 46.0 Å². The van der Waals surface area contributed by atoms with Crippen LogP contribution >= 0.6 is 0 Å². The van der Waals surface area contributed by atoms with Crippen molar-refractivity contribution in [2.45, 2.75) is 46.0 Å². The fourth-order valence-corrected chi connectivity index (χ4v) is 2.36. The molecule has 17 heavy (non-hydrogen) atoms. The Morgan fingerprint density at radius 1 is 1.29 bits per heavy atom.